The van der Waals surface area contributed by atoms with Gasteiger partial charge >= 0.3 is 0 Å². The lowest BCUT2D eigenvalue weighted by molar-refractivity contribution is 0.190. The van der Waals surface area contributed by atoms with E-state index in [1.165, 1.54) is 31.6 Å². The van der Waals surface area contributed by atoms with E-state index in [1.807, 2.05) is 0 Å². The third-order valence-corrected chi connectivity index (χ3v) is 4.43. The maximum absolute atomic E-state index is 3.66. The van der Waals surface area contributed by atoms with E-state index in [9.17, 15) is 0 Å². The van der Waals surface area contributed by atoms with Gasteiger partial charge in [0.25, 0.3) is 0 Å². The lowest BCUT2D eigenvalue weighted by Crippen LogP contribution is -2.52. The van der Waals surface area contributed by atoms with Gasteiger partial charge in [-0.2, -0.15) is 0 Å². The Balaban J connectivity index is 1.50. The van der Waals surface area contributed by atoms with Crippen molar-refractivity contribution in [2.45, 2.75) is 25.8 Å². The molecule has 2 fully saturated rings. The van der Waals surface area contributed by atoms with Gasteiger partial charge in [-0.05, 0) is 30.2 Å². The Hall–Kier alpha value is -0.860. The van der Waals surface area contributed by atoms with Gasteiger partial charge in [0.05, 0.1) is 0 Å². The highest BCUT2D eigenvalue weighted by molar-refractivity contribution is 5.16. The second-order valence-corrected chi connectivity index (χ2v) is 6.07. The average Bonchev–Trinajstić information content (AvgIpc) is 3.06. The topological polar surface area (TPSA) is 15.3 Å². The monoisotopic (exact) mass is 244 g/mol. The fourth-order valence-corrected chi connectivity index (χ4v) is 3.08. The summed E-state index contributed by atoms with van der Waals surface area (Å²) in [7, 11) is 0. The van der Waals surface area contributed by atoms with Gasteiger partial charge in [-0.25, -0.2) is 0 Å². The lowest BCUT2D eigenvalue weighted by Gasteiger charge is -2.34. The van der Waals surface area contributed by atoms with Crippen LogP contribution in [0.4, 0.5) is 0 Å². The van der Waals surface area contributed by atoms with E-state index in [1.54, 1.807) is 0 Å². The van der Waals surface area contributed by atoms with Gasteiger partial charge in [0.2, 0.25) is 0 Å². The highest BCUT2D eigenvalue weighted by Gasteiger charge is 2.34. The number of hydrogen-bond acceptors (Lipinski definition) is 2. The summed E-state index contributed by atoms with van der Waals surface area (Å²) in [5.41, 5.74) is 1.46. The second kappa shape index (κ2) is 5.41. The predicted octanol–water partition coefficient (Wildman–Crippen LogP) is 2.16. The summed E-state index contributed by atoms with van der Waals surface area (Å²) >= 11 is 0. The molecule has 1 aliphatic heterocycles. The van der Waals surface area contributed by atoms with Crippen molar-refractivity contribution in [1.29, 1.82) is 0 Å². The Morgan fingerprint density at radius 3 is 2.78 bits per heavy atom. The highest BCUT2D eigenvalue weighted by Crippen LogP contribution is 2.38. The summed E-state index contributed by atoms with van der Waals surface area (Å²) in [4.78, 5) is 2.66. The molecule has 0 aromatic heterocycles. The van der Waals surface area contributed by atoms with Crippen molar-refractivity contribution in [2.24, 2.45) is 11.8 Å². The van der Waals surface area contributed by atoms with E-state index >= 15 is 0 Å². The molecule has 1 aromatic rings. The molecule has 0 amide bonds. The van der Waals surface area contributed by atoms with Crippen molar-refractivity contribution >= 4 is 0 Å². The molecule has 1 aromatic carbocycles. The number of piperazine rings is 1. The smallest absolute Gasteiger partial charge is 0.0235 e. The van der Waals surface area contributed by atoms with Crippen LogP contribution in [-0.2, 0) is 6.42 Å². The molecule has 3 rings (SSSR count). The number of hydrogen-bond donors (Lipinski definition) is 1. The third kappa shape index (κ3) is 3.12. The van der Waals surface area contributed by atoms with Crippen LogP contribution in [0.3, 0.4) is 0 Å². The Morgan fingerprint density at radius 2 is 2.06 bits per heavy atom. The molecular weight excluding hydrogens is 220 g/mol. The first-order valence-corrected chi connectivity index (χ1v) is 7.31. The Bertz CT molecular complexity index is 376. The molecule has 0 radical (unpaired) electrons. The molecule has 2 aliphatic rings. The molecule has 2 nitrogen and oxygen atoms in total. The maximum Gasteiger partial charge on any atom is 0.0235 e. The largest absolute Gasteiger partial charge is 0.311 e. The first kappa shape index (κ1) is 12.2. The molecule has 3 unspecified atom stereocenters. The lowest BCUT2D eigenvalue weighted by atomic mass is 10.0. The zero-order chi connectivity index (χ0) is 12.4. The van der Waals surface area contributed by atoms with Crippen molar-refractivity contribution in [1.82, 2.24) is 10.2 Å². The molecule has 1 heterocycles. The van der Waals surface area contributed by atoms with Crippen LogP contribution in [0.2, 0.25) is 0 Å². The zero-order valence-corrected chi connectivity index (χ0v) is 11.3. The third-order valence-electron chi connectivity index (χ3n) is 4.43. The van der Waals surface area contributed by atoms with Crippen LogP contribution in [0.15, 0.2) is 30.3 Å². The Kier molecular flexibility index (Phi) is 3.67. The van der Waals surface area contributed by atoms with Crippen LogP contribution in [-0.4, -0.2) is 37.1 Å². The Labute approximate surface area is 110 Å². The van der Waals surface area contributed by atoms with Crippen molar-refractivity contribution in [3.8, 4) is 0 Å². The zero-order valence-electron chi connectivity index (χ0n) is 11.3. The number of nitrogens with one attached hydrogen (secondary N) is 1. The maximum atomic E-state index is 3.66. The standard InChI is InChI=1S/C16H24N2/c1-13-9-15(13)11-18-8-7-17-16(12-18)10-14-5-3-2-4-6-14/h2-6,13,15-17H,7-12H2,1H3. The van der Waals surface area contributed by atoms with E-state index in [2.05, 4.69) is 47.5 Å². The number of nitrogens with zero attached hydrogens (tertiary/aromatic N) is 1. The van der Waals surface area contributed by atoms with E-state index in [-0.39, 0.29) is 0 Å². The van der Waals surface area contributed by atoms with Gasteiger partial charge in [-0.15, -0.1) is 0 Å². The minimum Gasteiger partial charge on any atom is -0.311 e. The van der Waals surface area contributed by atoms with E-state index in [0.717, 1.165) is 24.8 Å². The molecule has 0 spiro atoms. The normalized spacial score (nSPS) is 32.4. The number of benzene rings is 1. The molecule has 1 N–H and O–H groups in total. The molecule has 1 saturated heterocycles. The van der Waals surface area contributed by atoms with Crippen molar-refractivity contribution < 1.29 is 0 Å². The molecule has 1 aliphatic carbocycles. The van der Waals surface area contributed by atoms with Crippen LogP contribution in [0.5, 0.6) is 0 Å². The van der Waals surface area contributed by atoms with Gasteiger partial charge in [0, 0.05) is 32.2 Å². The van der Waals surface area contributed by atoms with Gasteiger partial charge in [0.1, 0.15) is 0 Å². The van der Waals surface area contributed by atoms with E-state index in [4.69, 9.17) is 0 Å². The average molecular weight is 244 g/mol. The van der Waals surface area contributed by atoms with Gasteiger partial charge < -0.3 is 10.2 Å². The van der Waals surface area contributed by atoms with Gasteiger partial charge in [0.15, 0.2) is 0 Å². The van der Waals surface area contributed by atoms with Gasteiger partial charge in [-0.3, -0.25) is 0 Å². The van der Waals surface area contributed by atoms with Crippen LogP contribution < -0.4 is 5.32 Å². The molecule has 3 atom stereocenters. The summed E-state index contributed by atoms with van der Waals surface area (Å²) in [5.74, 6) is 1.97. The first-order chi connectivity index (χ1) is 8.81. The summed E-state index contributed by atoms with van der Waals surface area (Å²) in [6.45, 7) is 7.31. The van der Waals surface area contributed by atoms with Crippen molar-refractivity contribution in [2.75, 3.05) is 26.2 Å². The first-order valence-electron chi connectivity index (χ1n) is 7.31. The molecule has 0 bridgehead atoms. The van der Waals surface area contributed by atoms with Crippen LogP contribution in [0.25, 0.3) is 0 Å². The fourth-order valence-electron chi connectivity index (χ4n) is 3.08. The molecule has 2 heteroatoms. The van der Waals surface area contributed by atoms with Crippen molar-refractivity contribution in [3.63, 3.8) is 0 Å². The Morgan fingerprint density at radius 1 is 1.28 bits per heavy atom. The molecule has 1 saturated carbocycles. The van der Waals surface area contributed by atoms with Crippen LogP contribution >= 0.6 is 0 Å². The van der Waals surface area contributed by atoms with E-state index < -0.39 is 0 Å². The summed E-state index contributed by atoms with van der Waals surface area (Å²) < 4.78 is 0. The minimum absolute atomic E-state index is 0.634. The van der Waals surface area contributed by atoms with Crippen molar-refractivity contribution in [3.05, 3.63) is 35.9 Å². The molecule has 98 valence electrons. The van der Waals surface area contributed by atoms with E-state index in [0.29, 0.717) is 6.04 Å². The summed E-state index contributed by atoms with van der Waals surface area (Å²) in [5, 5.41) is 3.66. The summed E-state index contributed by atoms with van der Waals surface area (Å²) in [6.07, 6.45) is 2.62. The highest BCUT2D eigenvalue weighted by atomic mass is 15.2. The predicted molar refractivity (Wildman–Crippen MR) is 75.6 cm³/mol. The SMILES string of the molecule is CC1CC1CN1CCNC(Cc2ccccc2)C1. The summed E-state index contributed by atoms with van der Waals surface area (Å²) in [6, 6.07) is 11.5. The van der Waals surface area contributed by atoms with Crippen LogP contribution in [0, 0.1) is 11.8 Å². The quantitative estimate of drug-likeness (QED) is 0.873. The van der Waals surface area contributed by atoms with Gasteiger partial charge in [-0.1, -0.05) is 37.3 Å². The molecule has 18 heavy (non-hydrogen) atoms. The minimum atomic E-state index is 0.634. The molecular formula is C16H24N2. The fraction of sp³-hybridized carbons (Fsp3) is 0.625. The van der Waals surface area contributed by atoms with Crippen LogP contribution in [0.1, 0.15) is 18.9 Å². The second-order valence-electron chi connectivity index (χ2n) is 6.07. The number of rotatable bonds is 4.